The molecule has 1 heteroatoms. The predicted octanol–water partition coefficient (Wildman–Crippen LogP) is 6.46. The molecule has 0 spiro atoms. The zero-order valence-electron chi connectivity index (χ0n) is 16.5. The Hall–Kier alpha value is -2.41. The van der Waals surface area contributed by atoms with Crippen LogP contribution in [0.3, 0.4) is 0 Å². The zero-order chi connectivity index (χ0) is 18.9. The predicted molar refractivity (Wildman–Crippen MR) is 110 cm³/mol. The minimum Gasteiger partial charge on any atom is -0.300 e. The molecule has 2 aromatic rings. The van der Waals surface area contributed by atoms with Crippen LogP contribution in [0, 0.1) is 11.3 Å². The summed E-state index contributed by atoms with van der Waals surface area (Å²) in [5, 5.41) is 0. The maximum Gasteiger partial charge on any atom is 0.134 e. The second kappa shape index (κ2) is 7.07. The summed E-state index contributed by atoms with van der Waals surface area (Å²) in [5.41, 5.74) is 7.53. The van der Waals surface area contributed by atoms with Crippen molar-refractivity contribution in [1.29, 1.82) is 0 Å². The van der Waals surface area contributed by atoms with Gasteiger partial charge in [0.15, 0.2) is 0 Å². The first-order valence-corrected chi connectivity index (χ1v) is 9.36. The van der Waals surface area contributed by atoms with Crippen molar-refractivity contribution >= 4 is 11.4 Å². The first-order valence-electron chi connectivity index (χ1n) is 9.36. The molecule has 0 N–H and O–H groups in total. The van der Waals surface area contributed by atoms with Crippen LogP contribution in [0.15, 0.2) is 77.4 Å². The number of allylic oxidation sites excluding steroid dienone is 3. The van der Waals surface area contributed by atoms with E-state index in [1.54, 1.807) is 6.92 Å². The topological polar surface area (TPSA) is 17.1 Å². The summed E-state index contributed by atoms with van der Waals surface area (Å²) < 4.78 is 0. The monoisotopic (exact) mass is 344 g/mol. The van der Waals surface area contributed by atoms with Gasteiger partial charge >= 0.3 is 0 Å². The van der Waals surface area contributed by atoms with Crippen LogP contribution in [0.25, 0.3) is 5.57 Å². The van der Waals surface area contributed by atoms with Gasteiger partial charge in [-0.05, 0) is 60.5 Å². The highest BCUT2D eigenvalue weighted by molar-refractivity contribution is 5.89. The molecule has 3 rings (SSSR count). The van der Waals surface area contributed by atoms with Crippen LogP contribution >= 0.6 is 0 Å². The van der Waals surface area contributed by atoms with E-state index in [9.17, 15) is 4.79 Å². The van der Waals surface area contributed by atoms with E-state index in [1.807, 2.05) is 0 Å². The van der Waals surface area contributed by atoms with E-state index in [0.29, 0.717) is 0 Å². The minimum absolute atomic E-state index is 0.0322. The largest absolute Gasteiger partial charge is 0.300 e. The summed E-state index contributed by atoms with van der Waals surface area (Å²) in [7, 11) is 0. The molecule has 26 heavy (non-hydrogen) atoms. The molecule has 2 aromatic carbocycles. The zero-order valence-corrected chi connectivity index (χ0v) is 16.5. The molecule has 0 bridgehead atoms. The summed E-state index contributed by atoms with van der Waals surface area (Å²) in [5.74, 6) is 0.314. The number of rotatable bonds is 3. The van der Waals surface area contributed by atoms with Gasteiger partial charge in [-0.25, -0.2) is 0 Å². The molecule has 1 saturated carbocycles. The van der Waals surface area contributed by atoms with Crippen LogP contribution in [0.5, 0.6) is 0 Å². The second-order valence-electron chi connectivity index (χ2n) is 8.05. The third-order valence-corrected chi connectivity index (χ3v) is 5.64. The minimum atomic E-state index is -0.144. The third-order valence-electron chi connectivity index (χ3n) is 5.64. The molecule has 1 aliphatic rings. The van der Waals surface area contributed by atoms with Gasteiger partial charge in [0.05, 0.1) is 0 Å². The second-order valence-corrected chi connectivity index (χ2v) is 8.05. The average molecular weight is 344 g/mol. The third kappa shape index (κ3) is 3.19. The molecule has 1 aliphatic carbocycles. The van der Waals surface area contributed by atoms with Crippen LogP contribution in [0.4, 0.5) is 0 Å². The number of benzene rings is 2. The normalized spacial score (nSPS) is 18.7. The maximum absolute atomic E-state index is 12.4. The van der Waals surface area contributed by atoms with E-state index in [4.69, 9.17) is 0 Å². The van der Waals surface area contributed by atoms with Gasteiger partial charge in [0.2, 0.25) is 0 Å². The summed E-state index contributed by atoms with van der Waals surface area (Å²) in [6, 6.07) is 21.1. The molecule has 1 fully saturated rings. The van der Waals surface area contributed by atoms with E-state index in [-0.39, 0.29) is 17.1 Å². The maximum atomic E-state index is 12.4. The van der Waals surface area contributed by atoms with E-state index >= 15 is 0 Å². The quantitative estimate of drug-likeness (QED) is 0.624. The Morgan fingerprint density at radius 3 is 1.69 bits per heavy atom. The van der Waals surface area contributed by atoms with E-state index < -0.39 is 0 Å². The summed E-state index contributed by atoms with van der Waals surface area (Å²) in [6.07, 6.45) is 0.808. The molecular weight excluding hydrogens is 316 g/mol. The molecule has 0 amide bonds. The number of Topliss-reactive ketones (excluding diaryl/α,β-unsaturated/α-hetero) is 1. The van der Waals surface area contributed by atoms with Crippen LogP contribution in [0.1, 0.15) is 52.2 Å². The Morgan fingerprint density at radius 1 is 0.846 bits per heavy atom. The Morgan fingerprint density at radius 2 is 1.31 bits per heavy atom. The number of carbonyl (C=O) groups is 1. The van der Waals surface area contributed by atoms with Gasteiger partial charge < -0.3 is 0 Å². The van der Waals surface area contributed by atoms with Crippen LogP contribution in [-0.2, 0) is 4.79 Å². The standard InChI is InChI=1S/C25H28O/c1-17(2)24-21(16-22(18(3)26)25(24,4)5)23(19-12-8-6-9-13-19)20-14-10-7-11-15-20/h6-15,22H,16H2,1-5H3. The van der Waals surface area contributed by atoms with Crippen LogP contribution in [0.2, 0.25) is 0 Å². The Labute approximate surface area is 157 Å². The van der Waals surface area contributed by atoms with Crippen molar-refractivity contribution in [1.82, 2.24) is 0 Å². The number of hydrogen-bond acceptors (Lipinski definition) is 1. The van der Waals surface area contributed by atoms with E-state index in [2.05, 4.69) is 88.4 Å². The van der Waals surface area contributed by atoms with Crippen molar-refractivity contribution in [2.24, 2.45) is 11.3 Å². The van der Waals surface area contributed by atoms with Crippen LogP contribution in [-0.4, -0.2) is 5.78 Å². The fraction of sp³-hybridized carbons (Fsp3) is 0.320. The first-order chi connectivity index (χ1) is 12.3. The van der Waals surface area contributed by atoms with Crippen molar-refractivity contribution < 1.29 is 4.79 Å². The lowest BCUT2D eigenvalue weighted by molar-refractivity contribution is -0.122. The first kappa shape index (κ1) is 18.4. The van der Waals surface area contributed by atoms with Crippen molar-refractivity contribution in [3.8, 4) is 0 Å². The molecule has 1 unspecified atom stereocenters. The van der Waals surface area contributed by atoms with Crippen molar-refractivity contribution in [3.63, 3.8) is 0 Å². The van der Waals surface area contributed by atoms with Gasteiger partial charge in [-0.3, -0.25) is 4.79 Å². The SMILES string of the molecule is CC(=O)C1CC(=C(c2ccccc2)c2ccccc2)C(=C(C)C)C1(C)C. The molecule has 0 radical (unpaired) electrons. The van der Waals surface area contributed by atoms with Gasteiger partial charge in [-0.1, -0.05) is 80.1 Å². The van der Waals surface area contributed by atoms with Crippen molar-refractivity contribution in [3.05, 3.63) is 88.5 Å². The highest BCUT2D eigenvalue weighted by Gasteiger charge is 2.45. The molecule has 134 valence electrons. The van der Waals surface area contributed by atoms with Gasteiger partial charge in [-0.15, -0.1) is 0 Å². The number of carbonyl (C=O) groups excluding carboxylic acids is 1. The number of hydrogen-bond donors (Lipinski definition) is 0. The van der Waals surface area contributed by atoms with Gasteiger partial charge in [0, 0.05) is 5.92 Å². The Bertz CT molecular complexity index is 821. The molecular formula is C25H28O. The lowest BCUT2D eigenvalue weighted by Gasteiger charge is -2.28. The van der Waals surface area contributed by atoms with E-state index in [1.165, 1.54) is 33.4 Å². The lowest BCUT2D eigenvalue weighted by atomic mass is 9.75. The summed E-state index contributed by atoms with van der Waals surface area (Å²) in [6.45, 7) is 10.5. The van der Waals surface area contributed by atoms with Crippen molar-refractivity contribution in [2.45, 2.75) is 41.0 Å². The highest BCUT2D eigenvalue weighted by Crippen LogP contribution is 2.54. The molecule has 1 atom stereocenters. The van der Waals surface area contributed by atoms with E-state index in [0.717, 1.165) is 6.42 Å². The smallest absolute Gasteiger partial charge is 0.134 e. The molecule has 0 aliphatic heterocycles. The van der Waals surface area contributed by atoms with Gasteiger partial charge in [-0.2, -0.15) is 0 Å². The Kier molecular flexibility index (Phi) is 5.00. The number of ketones is 1. The average Bonchev–Trinajstić information content (AvgIpc) is 2.88. The molecule has 0 heterocycles. The fourth-order valence-corrected chi connectivity index (χ4v) is 4.67. The van der Waals surface area contributed by atoms with Crippen molar-refractivity contribution in [2.75, 3.05) is 0 Å². The summed E-state index contributed by atoms with van der Waals surface area (Å²) in [4.78, 5) is 12.4. The highest BCUT2D eigenvalue weighted by atomic mass is 16.1. The molecule has 1 nitrogen and oxygen atoms in total. The van der Waals surface area contributed by atoms with Crippen LogP contribution < -0.4 is 0 Å². The lowest BCUT2D eigenvalue weighted by Crippen LogP contribution is -2.25. The Balaban J connectivity index is 2.35. The summed E-state index contributed by atoms with van der Waals surface area (Å²) >= 11 is 0. The molecule has 0 saturated heterocycles. The molecule has 0 aromatic heterocycles. The fourth-order valence-electron chi connectivity index (χ4n) is 4.67. The van der Waals surface area contributed by atoms with Gasteiger partial charge in [0.25, 0.3) is 0 Å². The van der Waals surface area contributed by atoms with Gasteiger partial charge in [0.1, 0.15) is 5.78 Å².